The number of nitrogens with zero attached hydrogens (tertiary/aromatic N) is 1. The molecular formula is C13H24N2OSi. The molecule has 3 nitrogen and oxygen atoms in total. The average molecular weight is 252 g/mol. The maximum atomic E-state index is 5.69. The molecule has 0 radical (unpaired) electrons. The predicted molar refractivity (Wildman–Crippen MR) is 76.5 cm³/mol. The fraction of sp³-hybridized carbons (Fsp3) is 0.538. The highest BCUT2D eigenvalue weighted by Gasteiger charge is 2.18. The molecule has 0 saturated carbocycles. The number of anilines is 1. The van der Waals surface area contributed by atoms with Crippen molar-refractivity contribution in [2.75, 3.05) is 25.7 Å². The molecule has 0 unspecified atom stereocenters. The Labute approximate surface area is 106 Å². The van der Waals surface area contributed by atoms with Crippen LogP contribution in [0.5, 0.6) is 0 Å². The number of rotatable bonds is 6. The van der Waals surface area contributed by atoms with Crippen molar-refractivity contribution in [3.63, 3.8) is 0 Å². The monoisotopic (exact) mass is 252 g/mol. The van der Waals surface area contributed by atoms with Gasteiger partial charge in [0.15, 0.2) is 0 Å². The Hall–Kier alpha value is -0.843. The largest absolute Gasteiger partial charge is 0.399 e. The van der Waals surface area contributed by atoms with E-state index in [0.717, 1.165) is 18.4 Å². The van der Waals surface area contributed by atoms with Gasteiger partial charge in [-0.05, 0) is 23.9 Å². The molecule has 1 aromatic rings. The zero-order valence-electron chi connectivity index (χ0n) is 11.4. The van der Waals surface area contributed by atoms with Crippen molar-refractivity contribution in [2.24, 2.45) is 0 Å². The van der Waals surface area contributed by atoms with Crippen molar-refractivity contribution in [3.8, 4) is 0 Å². The Kier molecular flexibility index (Phi) is 5.18. The molecule has 0 amide bonds. The van der Waals surface area contributed by atoms with Crippen LogP contribution < -0.4 is 5.73 Å². The van der Waals surface area contributed by atoms with Gasteiger partial charge in [0.05, 0.1) is 14.8 Å². The van der Waals surface area contributed by atoms with Gasteiger partial charge >= 0.3 is 0 Å². The van der Waals surface area contributed by atoms with Crippen LogP contribution in [0.15, 0.2) is 24.3 Å². The summed E-state index contributed by atoms with van der Waals surface area (Å²) in [7, 11) is 0.649. The van der Waals surface area contributed by atoms with E-state index >= 15 is 0 Å². The Morgan fingerprint density at radius 3 is 2.24 bits per heavy atom. The van der Waals surface area contributed by atoms with Crippen molar-refractivity contribution >= 4 is 13.8 Å². The smallest absolute Gasteiger partial charge is 0.0986 e. The second kappa shape index (κ2) is 6.19. The van der Waals surface area contributed by atoms with Crippen LogP contribution in [0.2, 0.25) is 19.6 Å². The molecule has 96 valence electrons. The first kappa shape index (κ1) is 14.2. The molecule has 0 bridgehead atoms. The van der Waals surface area contributed by atoms with Gasteiger partial charge in [0.2, 0.25) is 0 Å². The van der Waals surface area contributed by atoms with E-state index in [9.17, 15) is 0 Å². The number of ether oxygens (including phenoxy) is 1. The van der Waals surface area contributed by atoms with E-state index in [1.165, 1.54) is 5.56 Å². The predicted octanol–water partition coefficient (Wildman–Crippen LogP) is 2.55. The highest BCUT2D eigenvalue weighted by Crippen LogP contribution is 2.11. The van der Waals surface area contributed by atoms with Crippen LogP contribution in [-0.4, -0.2) is 33.0 Å². The lowest BCUT2D eigenvalue weighted by Gasteiger charge is -2.28. The van der Waals surface area contributed by atoms with E-state index < -0.39 is 8.07 Å². The minimum absolute atomic E-state index is 0.689. The lowest BCUT2D eigenvalue weighted by molar-refractivity contribution is 0.0697. The normalized spacial score (nSPS) is 12.1. The lowest BCUT2D eigenvalue weighted by Crippen LogP contribution is -2.40. The molecule has 1 aromatic carbocycles. The summed E-state index contributed by atoms with van der Waals surface area (Å²) < 4.78 is 5.27. The van der Waals surface area contributed by atoms with E-state index in [0.29, 0.717) is 6.73 Å². The van der Waals surface area contributed by atoms with Gasteiger partial charge in [0.1, 0.15) is 0 Å². The molecule has 2 N–H and O–H groups in total. The molecule has 0 aliphatic rings. The molecule has 1 rings (SSSR count). The summed E-state index contributed by atoms with van der Waals surface area (Å²) in [6, 6.07) is 8.08. The van der Waals surface area contributed by atoms with Crippen molar-refractivity contribution in [2.45, 2.75) is 26.2 Å². The van der Waals surface area contributed by atoms with E-state index in [4.69, 9.17) is 10.5 Å². The minimum atomic E-state index is -1.10. The molecule has 0 aliphatic heterocycles. The standard InChI is InChI=1S/C13H24N2OSi/c1-16-10-15(11-17(2,3)4)9-12-5-7-13(14)8-6-12/h5-8H,9-11,14H2,1-4H3. The van der Waals surface area contributed by atoms with Crippen LogP contribution in [0.3, 0.4) is 0 Å². The number of hydrogen-bond donors (Lipinski definition) is 1. The van der Waals surface area contributed by atoms with Crippen LogP contribution in [0, 0.1) is 0 Å². The number of methoxy groups -OCH3 is 1. The SMILES string of the molecule is COCN(Cc1ccc(N)cc1)C[Si](C)(C)C. The molecule has 0 aromatic heterocycles. The van der Waals surface area contributed by atoms with Crippen molar-refractivity contribution in [1.29, 1.82) is 0 Å². The molecule has 0 atom stereocenters. The summed E-state index contributed by atoms with van der Waals surface area (Å²) in [5.41, 5.74) is 7.79. The van der Waals surface area contributed by atoms with E-state index in [1.807, 2.05) is 12.1 Å². The number of benzene rings is 1. The zero-order chi connectivity index (χ0) is 12.9. The van der Waals surface area contributed by atoms with Crippen LogP contribution in [0.25, 0.3) is 0 Å². The number of nitrogen functional groups attached to an aromatic ring is 1. The summed E-state index contributed by atoms with van der Waals surface area (Å²) in [6.45, 7) is 8.74. The Balaban J connectivity index is 2.63. The van der Waals surface area contributed by atoms with Crippen LogP contribution in [-0.2, 0) is 11.3 Å². The van der Waals surface area contributed by atoms with Crippen molar-refractivity contribution < 1.29 is 4.74 Å². The van der Waals surface area contributed by atoms with Crippen LogP contribution in [0.4, 0.5) is 5.69 Å². The van der Waals surface area contributed by atoms with Crippen LogP contribution >= 0.6 is 0 Å². The molecular weight excluding hydrogens is 228 g/mol. The molecule has 0 saturated heterocycles. The van der Waals surface area contributed by atoms with Gasteiger partial charge in [0, 0.05) is 19.3 Å². The third-order valence-electron chi connectivity index (χ3n) is 2.40. The maximum Gasteiger partial charge on any atom is 0.0986 e. The fourth-order valence-corrected chi connectivity index (χ4v) is 3.43. The average Bonchev–Trinajstić information content (AvgIpc) is 2.19. The zero-order valence-corrected chi connectivity index (χ0v) is 12.4. The van der Waals surface area contributed by atoms with E-state index in [2.05, 4.69) is 36.7 Å². The molecule has 0 heterocycles. The van der Waals surface area contributed by atoms with E-state index in [1.54, 1.807) is 7.11 Å². The molecule has 0 spiro atoms. The summed E-state index contributed by atoms with van der Waals surface area (Å²) >= 11 is 0. The van der Waals surface area contributed by atoms with Gasteiger partial charge in [-0.15, -0.1) is 0 Å². The lowest BCUT2D eigenvalue weighted by atomic mass is 10.2. The molecule has 0 aliphatic carbocycles. The first-order chi connectivity index (χ1) is 7.90. The first-order valence-electron chi connectivity index (χ1n) is 5.96. The third kappa shape index (κ3) is 5.86. The summed E-state index contributed by atoms with van der Waals surface area (Å²) in [4.78, 5) is 2.36. The number of nitrogens with two attached hydrogens (primary N) is 1. The van der Waals surface area contributed by atoms with Crippen molar-refractivity contribution in [3.05, 3.63) is 29.8 Å². The highest BCUT2D eigenvalue weighted by molar-refractivity contribution is 6.76. The highest BCUT2D eigenvalue weighted by atomic mass is 28.3. The van der Waals surface area contributed by atoms with E-state index in [-0.39, 0.29) is 0 Å². The van der Waals surface area contributed by atoms with Gasteiger partial charge in [-0.2, -0.15) is 0 Å². The Morgan fingerprint density at radius 2 is 1.76 bits per heavy atom. The van der Waals surface area contributed by atoms with Crippen LogP contribution in [0.1, 0.15) is 5.56 Å². The first-order valence-corrected chi connectivity index (χ1v) is 9.67. The quantitative estimate of drug-likeness (QED) is 0.480. The van der Waals surface area contributed by atoms with Gasteiger partial charge in [-0.3, -0.25) is 4.90 Å². The Morgan fingerprint density at radius 1 is 1.18 bits per heavy atom. The fourth-order valence-electron chi connectivity index (χ4n) is 1.88. The van der Waals surface area contributed by atoms with Gasteiger partial charge < -0.3 is 10.5 Å². The molecule has 0 fully saturated rings. The Bertz CT molecular complexity index is 332. The third-order valence-corrected chi connectivity index (χ3v) is 3.79. The second-order valence-electron chi connectivity index (χ2n) is 5.71. The van der Waals surface area contributed by atoms with Gasteiger partial charge in [-0.25, -0.2) is 0 Å². The maximum absolute atomic E-state index is 5.69. The second-order valence-corrected chi connectivity index (χ2v) is 11.1. The molecule has 4 heteroatoms. The van der Waals surface area contributed by atoms with Crippen molar-refractivity contribution in [1.82, 2.24) is 4.90 Å². The summed E-state index contributed by atoms with van der Waals surface area (Å²) in [5, 5.41) is 0. The number of hydrogen-bond acceptors (Lipinski definition) is 3. The topological polar surface area (TPSA) is 38.5 Å². The minimum Gasteiger partial charge on any atom is -0.399 e. The summed E-state index contributed by atoms with van der Waals surface area (Å²) in [6.07, 6.45) is 1.14. The molecule has 17 heavy (non-hydrogen) atoms. The van der Waals surface area contributed by atoms with Gasteiger partial charge in [0.25, 0.3) is 0 Å². The van der Waals surface area contributed by atoms with Gasteiger partial charge in [-0.1, -0.05) is 31.8 Å². The summed E-state index contributed by atoms with van der Waals surface area (Å²) in [5.74, 6) is 0.